The first kappa shape index (κ1) is 16.2. The molecule has 21 heavy (non-hydrogen) atoms. The molecule has 2 amide bonds. The summed E-state index contributed by atoms with van der Waals surface area (Å²) in [5.74, 6) is 0. The summed E-state index contributed by atoms with van der Waals surface area (Å²) in [5.41, 5.74) is 0.280. The molecule has 0 aliphatic carbocycles. The predicted octanol–water partition coefficient (Wildman–Crippen LogP) is 2.28. The molecule has 0 saturated carbocycles. The smallest absolute Gasteiger partial charge is 0.319 e. The summed E-state index contributed by atoms with van der Waals surface area (Å²) < 4.78 is 0. The number of nitrogens with zero attached hydrogens (tertiary/aromatic N) is 3. The highest BCUT2D eigenvalue weighted by molar-refractivity contribution is 7.09. The first-order valence-corrected chi connectivity index (χ1v) is 8.34. The summed E-state index contributed by atoms with van der Waals surface area (Å²) in [4.78, 5) is 20.3. The molecule has 1 aromatic heterocycles. The lowest BCUT2D eigenvalue weighted by Gasteiger charge is -2.39. The molecule has 0 atom stereocenters. The largest absolute Gasteiger partial charge is 0.389 e. The number of thiazole rings is 1. The molecule has 5 nitrogen and oxygen atoms in total. The zero-order valence-corrected chi connectivity index (χ0v) is 14.1. The number of hydrogen-bond acceptors (Lipinski definition) is 4. The van der Waals surface area contributed by atoms with Gasteiger partial charge in [0.05, 0.1) is 10.6 Å². The van der Waals surface area contributed by atoms with Crippen molar-refractivity contribution in [3.63, 3.8) is 0 Å². The molecule has 1 N–H and O–H groups in total. The maximum atomic E-state index is 12.3. The van der Waals surface area contributed by atoms with E-state index in [4.69, 9.17) is 0 Å². The van der Waals surface area contributed by atoms with Crippen molar-refractivity contribution in [2.24, 2.45) is 0 Å². The van der Waals surface area contributed by atoms with Crippen LogP contribution in [-0.2, 0) is 6.42 Å². The number of piperidine rings is 1. The van der Waals surface area contributed by atoms with Gasteiger partial charge in [-0.15, -0.1) is 11.3 Å². The van der Waals surface area contributed by atoms with Crippen LogP contribution in [0.15, 0.2) is 5.38 Å². The second-order valence-corrected chi connectivity index (χ2v) is 7.20. The molecule has 0 bridgehead atoms. The van der Waals surface area contributed by atoms with Gasteiger partial charge in [0.15, 0.2) is 0 Å². The van der Waals surface area contributed by atoms with Crippen LogP contribution in [-0.4, -0.2) is 57.7 Å². The molecule has 2 heterocycles. The zero-order chi connectivity index (χ0) is 15.6. The van der Waals surface area contributed by atoms with Crippen LogP contribution in [0.4, 0.5) is 4.79 Å². The molecule has 1 saturated heterocycles. The third-order valence-electron chi connectivity index (χ3n) is 4.19. The van der Waals surface area contributed by atoms with Crippen molar-refractivity contribution in [1.29, 1.82) is 0 Å². The van der Waals surface area contributed by atoms with E-state index in [0.717, 1.165) is 10.7 Å². The monoisotopic (exact) mass is 311 g/mol. The molecule has 0 radical (unpaired) electrons. The Labute approximate surface area is 130 Å². The number of carbonyl (C=O) groups is 1. The van der Waals surface area contributed by atoms with E-state index in [1.165, 1.54) is 0 Å². The zero-order valence-electron chi connectivity index (χ0n) is 13.3. The van der Waals surface area contributed by atoms with Crippen LogP contribution in [0, 0.1) is 6.92 Å². The van der Waals surface area contributed by atoms with Gasteiger partial charge in [-0.25, -0.2) is 9.78 Å². The Morgan fingerprint density at radius 3 is 2.62 bits per heavy atom. The molecule has 6 heteroatoms. The molecule has 1 aliphatic heterocycles. The SMILES string of the molecule is Cc1csc(CC2(O)CCN(C(=O)N(C)C(C)C)CC2)n1. The fourth-order valence-corrected chi connectivity index (χ4v) is 3.41. The molecule has 0 aromatic carbocycles. The highest BCUT2D eigenvalue weighted by Gasteiger charge is 2.35. The van der Waals surface area contributed by atoms with E-state index in [-0.39, 0.29) is 12.1 Å². The van der Waals surface area contributed by atoms with Gasteiger partial charge in [0.2, 0.25) is 0 Å². The first-order valence-electron chi connectivity index (χ1n) is 7.46. The van der Waals surface area contributed by atoms with Crippen molar-refractivity contribution in [2.45, 2.75) is 51.7 Å². The number of hydrogen-bond donors (Lipinski definition) is 1. The Morgan fingerprint density at radius 2 is 2.14 bits per heavy atom. The molecule has 1 fully saturated rings. The van der Waals surface area contributed by atoms with Crippen molar-refractivity contribution >= 4 is 17.4 Å². The average molecular weight is 311 g/mol. The van der Waals surface area contributed by atoms with Gasteiger partial charge in [0, 0.05) is 43.7 Å². The molecule has 118 valence electrons. The van der Waals surface area contributed by atoms with E-state index < -0.39 is 5.60 Å². The second-order valence-electron chi connectivity index (χ2n) is 6.26. The van der Waals surface area contributed by atoms with Crippen LogP contribution in [0.5, 0.6) is 0 Å². The predicted molar refractivity (Wildman–Crippen MR) is 84.6 cm³/mol. The van der Waals surface area contributed by atoms with Gasteiger partial charge in [-0.05, 0) is 33.6 Å². The van der Waals surface area contributed by atoms with Crippen LogP contribution < -0.4 is 0 Å². The van der Waals surface area contributed by atoms with Gasteiger partial charge >= 0.3 is 6.03 Å². The van der Waals surface area contributed by atoms with Gasteiger partial charge in [-0.3, -0.25) is 0 Å². The van der Waals surface area contributed by atoms with Gasteiger partial charge in [-0.1, -0.05) is 0 Å². The van der Waals surface area contributed by atoms with E-state index in [1.54, 1.807) is 16.2 Å². The first-order chi connectivity index (χ1) is 9.81. The Bertz CT molecular complexity index is 493. The lowest BCUT2D eigenvalue weighted by atomic mass is 9.88. The number of aromatic nitrogens is 1. The number of carbonyl (C=O) groups excluding carboxylic acids is 1. The molecule has 1 aliphatic rings. The second kappa shape index (κ2) is 6.32. The van der Waals surface area contributed by atoms with E-state index in [9.17, 15) is 9.90 Å². The topological polar surface area (TPSA) is 56.7 Å². The van der Waals surface area contributed by atoms with E-state index in [0.29, 0.717) is 32.4 Å². The number of aliphatic hydroxyl groups is 1. The van der Waals surface area contributed by atoms with Crippen molar-refractivity contribution in [2.75, 3.05) is 20.1 Å². The average Bonchev–Trinajstić information content (AvgIpc) is 2.82. The molecular formula is C15H25N3O2S. The van der Waals surface area contributed by atoms with Gasteiger partial charge in [0.1, 0.15) is 0 Å². The molecular weight excluding hydrogens is 286 g/mol. The van der Waals surface area contributed by atoms with E-state index >= 15 is 0 Å². The van der Waals surface area contributed by atoms with Crippen LogP contribution in [0.3, 0.4) is 0 Å². The summed E-state index contributed by atoms with van der Waals surface area (Å²) in [5, 5.41) is 13.7. The van der Waals surface area contributed by atoms with E-state index in [1.807, 2.05) is 38.1 Å². The maximum absolute atomic E-state index is 12.3. The minimum absolute atomic E-state index is 0.0529. The Morgan fingerprint density at radius 1 is 1.52 bits per heavy atom. The Kier molecular flexibility index (Phi) is 4.88. The number of likely N-dealkylation sites (tertiary alicyclic amines) is 1. The minimum atomic E-state index is -0.725. The lowest BCUT2D eigenvalue weighted by Crippen LogP contribution is -2.52. The lowest BCUT2D eigenvalue weighted by molar-refractivity contribution is -0.0147. The van der Waals surface area contributed by atoms with Crippen LogP contribution in [0.1, 0.15) is 37.4 Å². The number of aryl methyl sites for hydroxylation is 1. The van der Waals surface area contributed by atoms with Crippen LogP contribution >= 0.6 is 11.3 Å². The molecule has 1 aromatic rings. The van der Waals surface area contributed by atoms with Crippen molar-refractivity contribution in [3.05, 3.63) is 16.1 Å². The van der Waals surface area contributed by atoms with Crippen LogP contribution in [0.2, 0.25) is 0 Å². The quantitative estimate of drug-likeness (QED) is 0.932. The third kappa shape index (κ3) is 3.95. The normalized spacial score (nSPS) is 18.1. The van der Waals surface area contributed by atoms with E-state index in [2.05, 4.69) is 4.98 Å². The summed E-state index contributed by atoms with van der Waals surface area (Å²) in [6, 6.07) is 0.244. The van der Waals surface area contributed by atoms with Gasteiger partial charge in [-0.2, -0.15) is 0 Å². The highest BCUT2D eigenvalue weighted by Crippen LogP contribution is 2.28. The highest BCUT2D eigenvalue weighted by atomic mass is 32.1. The van der Waals surface area contributed by atoms with Gasteiger partial charge in [0.25, 0.3) is 0 Å². The third-order valence-corrected chi connectivity index (χ3v) is 5.15. The Hall–Kier alpha value is -1.14. The molecule has 0 spiro atoms. The van der Waals surface area contributed by atoms with Crippen molar-refractivity contribution in [3.8, 4) is 0 Å². The summed E-state index contributed by atoms with van der Waals surface area (Å²) in [6.45, 7) is 7.19. The van der Waals surface area contributed by atoms with Gasteiger partial charge < -0.3 is 14.9 Å². The standard InChI is InChI=1S/C15H25N3O2S/c1-11(2)17(4)14(19)18-7-5-15(20,6-8-18)9-13-16-12(3)10-21-13/h10-11,20H,5-9H2,1-4H3. The summed E-state index contributed by atoms with van der Waals surface area (Å²) in [6.07, 6.45) is 1.82. The van der Waals surface area contributed by atoms with Crippen LogP contribution in [0.25, 0.3) is 0 Å². The minimum Gasteiger partial charge on any atom is -0.389 e. The Balaban J connectivity index is 1.91. The maximum Gasteiger partial charge on any atom is 0.319 e. The number of urea groups is 1. The summed E-state index contributed by atoms with van der Waals surface area (Å²) >= 11 is 1.60. The number of amides is 2. The van der Waals surface area contributed by atoms with Crippen molar-refractivity contribution < 1.29 is 9.90 Å². The molecule has 0 unspecified atom stereocenters. The fraction of sp³-hybridized carbons (Fsp3) is 0.733. The fourth-order valence-electron chi connectivity index (χ4n) is 2.50. The van der Waals surface area contributed by atoms with Crippen molar-refractivity contribution in [1.82, 2.24) is 14.8 Å². The summed E-state index contributed by atoms with van der Waals surface area (Å²) in [7, 11) is 1.83. The number of rotatable bonds is 3. The molecule has 2 rings (SSSR count).